The smallest absolute Gasteiger partial charge is 0.306 e. The molecule has 2 heterocycles. The molecule has 0 unspecified atom stereocenters. The van der Waals surface area contributed by atoms with E-state index in [1.807, 2.05) is 30.3 Å². The maximum atomic E-state index is 12.7. The highest BCUT2D eigenvalue weighted by molar-refractivity contribution is 5.69. The molecule has 0 radical (unpaired) electrons. The Morgan fingerprint density at radius 3 is 2.30 bits per heavy atom. The van der Waals surface area contributed by atoms with Crippen LogP contribution < -0.4 is 5.73 Å². The van der Waals surface area contributed by atoms with Crippen LogP contribution in [-0.2, 0) is 39.9 Å². The second kappa shape index (κ2) is 14.1. The van der Waals surface area contributed by atoms with Crippen molar-refractivity contribution in [2.45, 2.75) is 121 Å². The van der Waals surface area contributed by atoms with Crippen LogP contribution in [0.5, 0.6) is 0 Å². The Balaban J connectivity index is 1.10. The quantitative estimate of drug-likeness (QED) is 0.125. The van der Waals surface area contributed by atoms with Gasteiger partial charge in [0.15, 0.2) is 5.72 Å². The molecule has 2 saturated heterocycles. The van der Waals surface area contributed by atoms with Crippen molar-refractivity contribution in [3.63, 3.8) is 0 Å². The van der Waals surface area contributed by atoms with Crippen LogP contribution in [0.2, 0.25) is 0 Å². The highest BCUT2D eigenvalue weighted by Crippen LogP contribution is 2.57. The van der Waals surface area contributed by atoms with Gasteiger partial charge in [0.2, 0.25) is 0 Å². The molecule has 222 valence electrons. The molecular formula is C32H47NO7. The maximum absolute atomic E-state index is 12.7. The van der Waals surface area contributed by atoms with Crippen LogP contribution in [0.15, 0.2) is 42.0 Å². The number of benzene rings is 1. The standard InChI is InChI=1S/C32H47NO7/c1-23(2)17-18-26-32(33,40-26)30-29(36-3)25(19-20-31(30)22-38-31)39-28(35)16-12-7-5-4-6-11-15-27(34)37-21-24-13-9-8-10-14-24/h8-10,13-14,17,25-26,29-30H,4-7,11-12,15-16,18-22,33H2,1-3H3/t25-,26-,29-,30+,31+,32+/m1/s1. The van der Waals surface area contributed by atoms with Gasteiger partial charge in [0, 0.05) is 20.0 Å². The molecule has 1 spiro atoms. The molecule has 3 fully saturated rings. The SMILES string of the molecule is CO[C@@H]1[C@H](OC(=O)CCCCCCCCC(=O)OCc2ccccc2)CC[C@]2(CO2)[C@H]1[C@@]1(N)O[C@@H]1CC=C(C)C. The molecule has 4 rings (SSSR count). The number of ether oxygens (including phenoxy) is 5. The molecule has 1 aromatic rings. The fourth-order valence-electron chi connectivity index (χ4n) is 6.06. The van der Waals surface area contributed by atoms with E-state index in [9.17, 15) is 9.59 Å². The number of hydrogen-bond acceptors (Lipinski definition) is 8. The Kier molecular flexibility index (Phi) is 10.8. The largest absolute Gasteiger partial charge is 0.461 e. The van der Waals surface area contributed by atoms with Crippen molar-refractivity contribution in [2.24, 2.45) is 11.7 Å². The number of esters is 2. The van der Waals surface area contributed by atoms with Gasteiger partial charge in [0.1, 0.15) is 30.5 Å². The van der Waals surface area contributed by atoms with E-state index in [2.05, 4.69) is 19.9 Å². The highest BCUT2D eigenvalue weighted by Gasteiger charge is 2.73. The lowest BCUT2D eigenvalue weighted by Gasteiger charge is -2.42. The lowest BCUT2D eigenvalue weighted by Crippen LogP contribution is -2.59. The zero-order chi connectivity index (χ0) is 28.6. The van der Waals surface area contributed by atoms with Gasteiger partial charge in [-0.2, -0.15) is 0 Å². The van der Waals surface area contributed by atoms with Gasteiger partial charge in [0.25, 0.3) is 0 Å². The number of methoxy groups -OCH3 is 1. The molecule has 0 aromatic heterocycles. The first-order valence-corrected chi connectivity index (χ1v) is 14.9. The number of nitrogens with two attached hydrogens (primary N) is 1. The van der Waals surface area contributed by atoms with Crippen molar-refractivity contribution < 1.29 is 33.3 Å². The van der Waals surface area contributed by atoms with Gasteiger partial charge >= 0.3 is 11.9 Å². The van der Waals surface area contributed by atoms with Crippen molar-refractivity contribution in [1.29, 1.82) is 0 Å². The van der Waals surface area contributed by atoms with Crippen LogP contribution in [0.3, 0.4) is 0 Å². The summed E-state index contributed by atoms with van der Waals surface area (Å²) in [6, 6.07) is 9.71. The zero-order valence-electron chi connectivity index (χ0n) is 24.4. The summed E-state index contributed by atoms with van der Waals surface area (Å²) in [6.45, 7) is 5.10. The maximum Gasteiger partial charge on any atom is 0.306 e. The molecule has 6 atom stereocenters. The number of hydrogen-bond donors (Lipinski definition) is 1. The third kappa shape index (κ3) is 8.15. The van der Waals surface area contributed by atoms with Crippen LogP contribution >= 0.6 is 0 Å². The van der Waals surface area contributed by atoms with E-state index in [-0.39, 0.29) is 41.8 Å². The summed E-state index contributed by atoms with van der Waals surface area (Å²) in [5.41, 5.74) is 7.82. The van der Waals surface area contributed by atoms with Gasteiger partial charge in [-0.1, -0.05) is 67.7 Å². The second-order valence-corrected chi connectivity index (χ2v) is 11.8. The molecule has 2 aliphatic heterocycles. The van der Waals surface area contributed by atoms with Crippen molar-refractivity contribution >= 4 is 11.9 Å². The molecule has 1 aliphatic carbocycles. The summed E-state index contributed by atoms with van der Waals surface area (Å²) in [4.78, 5) is 24.6. The molecule has 2 N–H and O–H groups in total. The number of carbonyl (C=O) groups is 2. The van der Waals surface area contributed by atoms with E-state index in [1.54, 1.807) is 7.11 Å². The van der Waals surface area contributed by atoms with Crippen LogP contribution in [-0.4, -0.2) is 55.3 Å². The Morgan fingerprint density at radius 2 is 1.68 bits per heavy atom. The predicted molar refractivity (Wildman–Crippen MR) is 151 cm³/mol. The number of rotatable bonds is 16. The lowest BCUT2D eigenvalue weighted by molar-refractivity contribution is -0.172. The van der Waals surface area contributed by atoms with E-state index < -0.39 is 5.72 Å². The zero-order valence-corrected chi connectivity index (χ0v) is 24.4. The van der Waals surface area contributed by atoms with Crippen LogP contribution in [0, 0.1) is 5.92 Å². The summed E-state index contributed by atoms with van der Waals surface area (Å²) in [5.74, 6) is -0.520. The molecule has 8 nitrogen and oxygen atoms in total. The third-order valence-electron chi connectivity index (χ3n) is 8.46. The minimum Gasteiger partial charge on any atom is -0.461 e. The van der Waals surface area contributed by atoms with E-state index in [0.29, 0.717) is 32.5 Å². The monoisotopic (exact) mass is 557 g/mol. The van der Waals surface area contributed by atoms with Gasteiger partial charge < -0.3 is 29.4 Å². The van der Waals surface area contributed by atoms with Crippen molar-refractivity contribution in [3.8, 4) is 0 Å². The van der Waals surface area contributed by atoms with E-state index in [0.717, 1.165) is 56.9 Å². The Labute approximate surface area is 238 Å². The number of unbranched alkanes of at least 4 members (excludes halogenated alkanes) is 5. The van der Waals surface area contributed by atoms with Gasteiger partial charge in [-0.25, -0.2) is 0 Å². The van der Waals surface area contributed by atoms with E-state index in [1.165, 1.54) is 5.57 Å². The van der Waals surface area contributed by atoms with Crippen LogP contribution in [0.1, 0.15) is 90.0 Å². The molecule has 0 amide bonds. The average molecular weight is 558 g/mol. The van der Waals surface area contributed by atoms with Crippen LogP contribution in [0.25, 0.3) is 0 Å². The average Bonchev–Trinajstić information content (AvgIpc) is 3.86. The van der Waals surface area contributed by atoms with Crippen molar-refractivity contribution in [1.82, 2.24) is 0 Å². The molecule has 1 aromatic carbocycles. The van der Waals surface area contributed by atoms with Crippen LogP contribution in [0.4, 0.5) is 0 Å². The Morgan fingerprint density at radius 1 is 1.02 bits per heavy atom. The Hall–Kier alpha value is -2.26. The lowest BCUT2D eigenvalue weighted by atomic mass is 9.70. The Bertz CT molecular complexity index is 1000. The molecule has 8 heteroatoms. The second-order valence-electron chi connectivity index (χ2n) is 11.8. The molecule has 1 saturated carbocycles. The fraction of sp³-hybridized carbons (Fsp3) is 0.688. The molecular weight excluding hydrogens is 510 g/mol. The summed E-state index contributed by atoms with van der Waals surface area (Å²) in [5, 5.41) is 0. The number of allylic oxidation sites excluding steroid dienone is 1. The molecule has 3 aliphatic rings. The molecule has 40 heavy (non-hydrogen) atoms. The first-order valence-electron chi connectivity index (χ1n) is 14.9. The van der Waals surface area contributed by atoms with Crippen molar-refractivity contribution in [3.05, 3.63) is 47.5 Å². The topological polar surface area (TPSA) is 113 Å². The summed E-state index contributed by atoms with van der Waals surface area (Å²) in [6.07, 6.45) is 10.0. The summed E-state index contributed by atoms with van der Waals surface area (Å²) < 4.78 is 29.1. The molecule has 0 bridgehead atoms. The van der Waals surface area contributed by atoms with Gasteiger partial charge in [0.05, 0.1) is 12.5 Å². The number of carbonyl (C=O) groups excluding carboxylic acids is 2. The third-order valence-corrected chi connectivity index (χ3v) is 8.46. The fourth-order valence-corrected chi connectivity index (χ4v) is 6.06. The van der Waals surface area contributed by atoms with E-state index in [4.69, 9.17) is 29.4 Å². The number of epoxide rings is 2. The van der Waals surface area contributed by atoms with E-state index >= 15 is 0 Å². The first-order chi connectivity index (χ1) is 19.3. The first kappa shape index (κ1) is 30.7. The normalized spacial score (nSPS) is 30.5. The predicted octanol–water partition coefficient (Wildman–Crippen LogP) is 5.37. The minimum atomic E-state index is -0.827. The highest BCUT2D eigenvalue weighted by atomic mass is 16.6. The van der Waals surface area contributed by atoms with Gasteiger partial charge in [-0.3, -0.25) is 9.59 Å². The minimum absolute atomic E-state index is 0.0829. The summed E-state index contributed by atoms with van der Waals surface area (Å²) in [7, 11) is 1.65. The van der Waals surface area contributed by atoms with Gasteiger partial charge in [-0.05, 0) is 51.5 Å². The summed E-state index contributed by atoms with van der Waals surface area (Å²) >= 11 is 0. The van der Waals surface area contributed by atoms with Crippen molar-refractivity contribution in [2.75, 3.05) is 13.7 Å². The van der Waals surface area contributed by atoms with Gasteiger partial charge in [-0.15, -0.1) is 0 Å².